The van der Waals surface area contributed by atoms with E-state index in [9.17, 15) is 0 Å². The van der Waals surface area contributed by atoms with Crippen molar-refractivity contribution in [3.05, 3.63) is 35.9 Å². The molecular weight excluding hydrogens is 338 g/mol. The molecule has 152 valence electrons. The molecule has 0 saturated carbocycles. The van der Waals surface area contributed by atoms with Crippen LogP contribution in [0.1, 0.15) is 109 Å². The summed E-state index contributed by atoms with van der Waals surface area (Å²) in [5.41, 5.74) is 7.68. The van der Waals surface area contributed by atoms with Crippen molar-refractivity contribution < 1.29 is 0 Å². The molecule has 0 aromatic heterocycles. The molecule has 1 aromatic rings. The molecule has 1 atom stereocenters. The van der Waals surface area contributed by atoms with Crippen LogP contribution in [0, 0.1) is 0 Å². The Morgan fingerprint density at radius 3 is 1.62 bits per heavy atom. The van der Waals surface area contributed by atoms with E-state index in [1.54, 1.807) is 0 Å². The molecule has 0 bridgehead atoms. The van der Waals surface area contributed by atoms with Gasteiger partial charge in [0.05, 0.1) is 0 Å². The number of rotatable bonds is 17. The van der Waals surface area contributed by atoms with Gasteiger partial charge in [-0.3, -0.25) is 0 Å². The van der Waals surface area contributed by atoms with E-state index in [-0.39, 0.29) is 12.4 Å². The lowest BCUT2D eigenvalue weighted by atomic mass is 10.00. The molecule has 0 fully saturated rings. The maximum atomic E-state index is 6.26. The molecule has 0 aliphatic rings. The van der Waals surface area contributed by atoms with Crippen molar-refractivity contribution in [1.82, 2.24) is 0 Å². The summed E-state index contributed by atoms with van der Waals surface area (Å²) in [5.74, 6) is 0. The molecule has 0 saturated heterocycles. The van der Waals surface area contributed by atoms with Crippen LogP contribution in [0.3, 0.4) is 0 Å². The first-order valence-electron chi connectivity index (χ1n) is 11.1. The molecule has 0 radical (unpaired) electrons. The fraction of sp³-hybridized carbons (Fsp3) is 0.750. The molecule has 26 heavy (non-hydrogen) atoms. The molecule has 2 heteroatoms. The molecule has 0 heterocycles. The smallest absolute Gasteiger partial charge is 0.00419 e. The first-order valence-corrected chi connectivity index (χ1v) is 11.1. The van der Waals surface area contributed by atoms with E-state index in [1.807, 2.05) is 0 Å². The van der Waals surface area contributed by atoms with Gasteiger partial charge < -0.3 is 5.73 Å². The van der Waals surface area contributed by atoms with Gasteiger partial charge in [0.1, 0.15) is 0 Å². The first-order chi connectivity index (χ1) is 12.3. The number of halogens is 1. The predicted molar refractivity (Wildman–Crippen MR) is 120 cm³/mol. The lowest BCUT2D eigenvalue weighted by Crippen LogP contribution is -2.20. The van der Waals surface area contributed by atoms with Gasteiger partial charge in [0.2, 0.25) is 0 Å². The SMILES string of the molecule is CCCCCCCCCCCCCCCC(N)CCc1ccccc1.Cl. The third-order valence-electron chi connectivity index (χ3n) is 5.33. The average Bonchev–Trinajstić information content (AvgIpc) is 2.64. The highest BCUT2D eigenvalue weighted by atomic mass is 35.5. The van der Waals surface area contributed by atoms with Gasteiger partial charge in [-0.15, -0.1) is 12.4 Å². The molecule has 0 aliphatic carbocycles. The van der Waals surface area contributed by atoms with Crippen molar-refractivity contribution in [1.29, 1.82) is 0 Å². The Hall–Kier alpha value is -0.530. The van der Waals surface area contributed by atoms with Crippen LogP contribution in [-0.4, -0.2) is 6.04 Å². The highest BCUT2D eigenvalue weighted by Gasteiger charge is 2.03. The molecule has 2 N–H and O–H groups in total. The summed E-state index contributed by atoms with van der Waals surface area (Å²) in [7, 11) is 0. The summed E-state index contributed by atoms with van der Waals surface area (Å²) in [4.78, 5) is 0. The Bertz CT molecular complexity index is 379. The first kappa shape index (κ1) is 25.5. The maximum Gasteiger partial charge on any atom is 0.00419 e. The molecule has 0 spiro atoms. The third-order valence-corrected chi connectivity index (χ3v) is 5.33. The number of hydrogen-bond donors (Lipinski definition) is 1. The van der Waals surface area contributed by atoms with E-state index >= 15 is 0 Å². The molecule has 0 amide bonds. The zero-order valence-electron chi connectivity index (χ0n) is 17.3. The third kappa shape index (κ3) is 15.7. The number of hydrogen-bond acceptors (Lipinski definition) is 1. The normalized spacial score (nSPS) is 11.9. The largest absolute Gasteiger partial charge is 0.328 e. The van der Waals surface area contributed by atoms with E-state index in [0.717, 1.165) is 12.8 Å². The molecule has 0 aliphatic heterocycles. The Balaban J connectivity index is 0.00000625. The van der Waals surface area contributed by atoms with E-state index in [4.69, 9.17) is 5.73 Å². The lowest BCUT2D eigenvalue weighted by molar-refractivity contribution is 0.503. The second-order valence-electron chi connectivity index (χ2n) is 7.82. The highest BCUT2D eigenvalue weighted by Crippen LogP contribution is 2.14. The Kier molecular flexibility index (Phi) is 18.8. The molecule has 1 nitrogen and oxygen atoms in total. The van der Waals surface area contributed by atoms with E-state index in [2.05, 4.69) is 37.3 Å². The number of benzene rings is 1. The van der Waals surface area contributed by atoms with Gasteiger partial charge in [0.15, 0.2) is 0 Å². The molecule has 1 unspecified atom stereocenters. The number of unbranched alkanes of at least 4 members (excludes halogenated alkanes) is 12. The van der Waals surface area contributed by atoms with Gasteiger partial charge in [-0.1, -0.05) is 121 Å². The van der Waals surface area contributed by atoms with Crippen molar-refractivity contribution in [2.45, 2.75) is 116 Å². The minimum atomic E-state index is 0. The standard InChI is InChI=1S/C24H43N.ClH/c1-2-3-4-5-6-7-8-9-10-11-12-13-17-20-24(25)22-21-23-18-15-14-16-19-23;/h14-16,18-19,24H,2-13,17,20-22,25H2,1H3;1H. The van der Waals surface area contributed by atoms with E-state index < -0.39 is 0 Å². The Morgan fingerprint density at radius 2 is 1.12 bits per heavy atom. The fourth-order valence-electron chi connectivity index (χ4n) is 3.57. The summed E-state index contributed by atoms with van der Waals surface area (Å²) < 4.78 is 0. The van der Waals surface area contributed by atoms with Crippen LogP contribution in [0.25, 0.3) is 0 Å². The fourth-order valence-corrected chi connectivity index (χ4v) is 3.57. The minimum Gasteiger partial charge on any atom is -0.328 e. The molecule has 1 rings (SSSR count). The van der Waals surface area contributed by atoms with Crippen LogP contribution in [0.2, 0.25) is 0 Å². The second-order valence-corrected chi connectivity index (χ2v) is 7.82. The maximum absolute atomic E-state index is 6.26. The van der Waals surface area contributed by atoms with Gasteiger partial charge in [0.25, 0.3) is 0 Å². The van der Waals surface area contributed by atoms with Gasteiger partial charge in [-0.25, -0.2) is 0 Å². The Labute approximate surface area is 169 Å². The van der Waals surface area contributed by atoms with Crippen molar-refractivity contribution in [3.63, 3.8) is 0 Å². The zero-order chi connectivity index (χ0) is 18.0. The van der Waals surface area contributed by atoms with E-state index in [0.29, 0.717) is 6.04 Å². The molecular formula is C24H44ClN. The zero-order valence-corrected chi connectivity index (χ0v) is 18.1. The topological polar surface area (TPSA) is 26.0 Å². The summed E-state index contributed by atoms with van der Waals surface area (Å²) in [6.45, 7) is 2.29. The summed E-state index contributed by atoms with van der Waals surface area (Å²) in [5, 5.41) is 0. The lowest BCUT2D eigenvalue weighted by Gasteiger charge is -2.11. The van der Waals surface area contributed by atoms with Crippen LogP contribution in [-0.2, 0) is 6.42 Å². The monoisotopic (exact) mass is 381 g/mol. The highest BCUT2D eigenvalue weighted by molar-refractivity contribution is 5.85. The predicted octanol–water partition coefficient (Wildman–Crippen LogP) is 7.85. The second kappa shape index (κ2) is 19.2. The summed E-state index contributed by atoms with van der Waals surface area (Å²) in [6.07, 6.45) is 21.9. The van der Waals surface area contributed by atoms with Crippen LogP contribution < -0.4 is 5.73 Å². The van der Waals surface area contributed by atoms with Crippen molar-refractivity contribution in [2.75, 3.05) is 0 Å². The van der Waals surface area contributed by atoms with Crippen molar-refractivity contribution >= 4 is 12.4 Å². The number of aryl methyl sites for hydroxylation is 1. The van der Waals surface area contributed by atoms with Gasteiger partial charge in [-0.05, 0) is 24.8 Å². The summed E-state index contributed by atoms with van der Waals surface area (Å²) in [6, 6.07) is 11.1. The quantitative estimate of drug-likeness (QED) is 0.273. The Morgan fingerprint density at radius 1 is 0.654 bits per heavy atom. The average molecular weight is 382 g/mol. The van der Waals surface area contributed by atoms with Crippen LogP contribution in [0.5, 0.6) is 0 Å². The summed E-state index contributed by atoms with van der Waals surface area (Å²) >= 11 is 0. The van der Waals surface area contributed by atoms with Gasteiger partial charge in [0, 0.05) is 6.04 Å². The van der Waals surface area contributed by atoms with Gasteiger partial charge in [-0.2, -0.15) is 0 Å². The minimum absolute atomic E-state index is 0. The van der Waals surface area contributed by atoms with Crippen LogP contribution in [0.4, 0.5) is 0 Å². The molecule has 1 aromatic carbocycles. The van der Waals surface area contributed by atoms with Crippen LogP contribution in [0.15, 0.2) is 30.3 Å². The van der Waals surface area contributed by atoms with Crippen LogP contribution >= 0.6 is 12.4 Å². The van der Waals surface area contributed by atoms with Crippen molar-refractivity contribution in [2.24, 2.45) is 5.73 Å². The van der Waals surface area contributed by atoms with Crippen molar-refractivity contribution in [3.8, 4) is 0 Å². The van der Waals surface area contributed by atoms with E-state index in [1.165, 1.54) is 95.5 Å². The number of nitrogens with two attached hydrogens (primary N) is 1. The van der Waals surface area contributed by atoms with Gasteiger partial charge >= 0.3 is 0 Å².